The van der Waals surface area contributed by atoms with Gasteiger partial charge < -0.3 is 5.32 Å². The Bertz CT molecular complexity index is 425. The minimum Gasteiger partial charge on any atom is -0.313 e. The fourth-order valence-electron chi connectivity index (χ4n) is 3.70. The normalized spacial score (nSPS) is 32.2. The van der Waals surface area contributed by atoms with E-state index < -0.39 is 0 Å². The van der Waals surface area contributed by atoms with E-state index in [1.807, 2.05) is 0 Å². The summed E-state index contributed by atoms with van der Waals surface area (Å²) in [6.45, 7) is 10.6. The Hall–Kier alpha value is -0.900. The second-order valence-corrected chi connectivity index (χ2v) is 6.84. The van der Waals surface area contributed by atoms with Gasteiger partial charge in [-0.2, -0.15) is 0 Å². The second-order valence-electron chi connectivity index (χ2n) is 6.84. The molecule has 21 heavy (non-hydrogen) atoms. The molecule has 2 heterocycles. The van der Waals surface area contributed by atoms with E-state index in [1.165, 1.54) is 44.6 Å². The lowest BCUT2D eigenvalue weighted by Crippen LogP contribution is -2.58. The summed E-state index contributed by atoms with van der Waals surface area (Å²) < 4.78 is 0. The van der Waals surface area contributed by atoms with Gasteiger partial charge in [0.05, 0.1) is 0 Å². The predicted molar refractivity (Wildman–Crippen MR) is 88.4 cm³/mol. The summed E-state index contributed by atoms with van der Waals surface area (Å²) in [4.78, 5) is 5.34. The SMILES string of the molecule is CC1CCC(N2CCN(Cc3ccccc3)C(C)C2)CN1. The number of nitrogens with zero attached hydrogens (tertiary/aromatic N) is 2. The van der Waals surface area contributed by atoms with Gasteiger partial charge in [0.15, 0.2) is 0 Å². The molecule has 0 radical (unpaired) electrons. The molecule has 2 fully saturated rings. The molecule has 2 aliphatic rings. The smallest absolute Gasteiger partial charge is 0.0237 e. The Kier molecular flexibility index (Phi) is 4.94. The highest BCUT2D eigenvalue weighted by atomic mass is 15.3. The first-order chi connectivity index (χ1) is 10.2. The number of rotatable bonds is 3. The van der Waals surface area contributed by atoms with Crippen LogP contribution in [0.15, 0.2) is 30.3 Å². The second kappa shape index (κ2) is 6.91. The van der Waals surface area contributed by atoms with Crippen molar-refractivity contribution in [1.29, 1.82) is 0 Å². The van der Waals surface area contributed by atoms with Crippen molar-refractivity contribution in [2.45, 2.75) is 51.4 Å². The highest BCUT2D eigenvalue weighted by Crippen LogP contribution is 2.20. The average molecular weight is 287 g/mol. The maximum absolute atomic E-state index is 3.64. The van der Waals surface area contributed by atoms with Gasteiger partial charge in [-0.3, -0.25) is 9.80 Å². The molecular weight excluding hydrogens is 258 g/mol. The predicted octanol–water partition coefficient (Wildman–Crippen LogP) is 2.33. The molecule has 0 amide bonds. The molecular formula is C18H29N3. The van der Waals surface area contributed by atoms with Gasteiger partial charge in [0.1, 0.15) is 0 Å². The van der Waals surface area contributed by atoms with Crippen molar-refractivity contribution < 1.29 is 0 Å². The number of hydrogen-bond acceptors (Lipinski definition) is 3. The molecule has 116 valence electrons. The van der Waals surface area contributed by atoms with Crippen molar-refractivity contribution in [2.75, 3.05) is 26.2 Å². The van der Waals surface area contributed by atoms with Crippen molar-refractivity contribution in [3.05, 3.63) is 35.9 Å². The van der Waals surface area contributed by atoms with Gasteiger partial charge >= 0.3 is 0 Å². The van der Waals surface area contributed by atoms with Crippen molar-refractivity contribution in [1.82, 2.24) is 15.1 Å². The van der Waals surface area contributed by atoms with Crippen LogP contribution in [-0.2, 0) is 6.54 Å². The molecule has 0 spiro atoms. The largest absolute Gasteiger partial charge is 0.313 e. The standard InChI is InChI=1S/C18H29N3/c1-15-8-9-18(12-19-15)21-11-10-20(16(2)13-21)14-17-6-4-3-5-7-17/h3-7,15-16,18-19H,8-14H2,1-2H3. The van der Waals surface area contributed by atoms with Crippen LogP contribution >= 0.6 is 0 Å². The van der Waals surface area contributed by atoms with Crippen LogP contribution in [-0.4, -0.2) is 54.1 Å². The highest BCUT2D eigenvalue weighted by Gasteiger charge is 2.30. The van der Waals surface area contributed by atoms with Gasteiger partial charge in [-0.25, -0.2) is 0 Å². The molecule has 3 atom stereocenters. The van der Waals surface area contributed by atoms with Crippen LogP contribution in [0.25, 0.3) is 0 Å². The first-order valence-electron chi connectivity index (χ1n) is 8.48. The molecule has 3 nitrogen and oxygen atoms in total. The maximum atomic E-state index is 3.64. The molecule has 3 rings (SSSR count). The molecule has 1 N–H and O–H groups in total. The van der Waals surface area contributed by atoms with Gasteiger partial charge in [-0.15, -0.1) is 0 Å². The zero-order valence-corrected chi connectivity index (χ0v) is 13.5. The fraction of sp³-hybridized carbons (Fsp3) is 0.667. The topological polar surface area (TPSA) is 18.5 Å². The molecule has 0 saturated carbocycles. The third-order valence-corrected chi connectivity index (χ3v) is 5.18. The summed E-state index contributed by atoms with van der Waals surface area (Å²) in [7, 11) is 0. The van der Waals surface area contributed by atoms with Gasteiger partial charge in [0.2, 0.25) is 0 Å². The summed E-state index contributed by atoms with van der Waals surface area (Å²) >= 11 is 0. The quantitative estimate of drug-likeness (QED) is 0.920. The number of piperidine rings is 1. The van der Waals surface area contributed by atoms with Gasteiger partial charge in [-0.1, -0.05) is 30.3 Å². The molecule has 0 aliphatic carbocycles. The Balaban J connectivity index is 1.52. The third kappa shape index (κ3) is 3.85. The number of hydrogen-bond donors (Lipinski definition) is 1. The molecule has 0 bridgehead atoms. The van der Waals surface area contributed by atoms with E-state index in [9.17, 15) is 0 Å². The van der Waals surface area contributed by atoms with E-state index in [-0.39, 0.29) is 0 Å². The minimum absolute atomic E-state index is 0.651. The van der Waals surface area contributed by atoms with Crippen molar-refractivity contribution in [2.24, 2.45) is 0 Å². The van der Waals surface area contributed by atoms with Gasteiger partial charge in [0, 0.05) is 50.8 Å². The minimum atomic E-state index is 0.651. The number of benzene rings is 1. The van der Waals surface area contributed by atoms with Crippen LogP contribution in [0.5, 0.6) is 0 Å². The van der Waals surface area contributed by atoms with Crippen LogP contribution in [0.1, 0.15) is 32.3 Å². The summed E-state index contributed by atoms with van der Waals surface area (Å²) in [5.74, 6) is 0. The maximum Gasteiger partial charge on any atom is 0.0237 e. The van der Waals surface area contributed by atoms with Crippen molar-refractivity contribution >= 4 is 0 Å². The van der Waals surface area contributed by atoms with Crippen LogP contribution in [0.4, 0.5) is 0 Å². The van der Waals surface area contributed by atoms with E-state index in [0.29, 0.717) is 12.1 Å². The van der Waals surface area contributed by atoms with E-state index in [0.717, 1.165) is 12.6 Å². The highest BCUT2D eigenvalue weighted by molar-refractivity contribution is 5.14. The monoisotopic (exact) mass is 287 g/mol. The molecule has 3 unspecified atom stereocenters. The van der Waals surface area contributed by atoms with Crippen LogP contribution in [0.3, 0.4) is 0 Å². The van der Waals surface area contributed by atoms with E-state index in [2.05, 4.69) is 59.3 Å². The first-order valence-corrected chi connectivity index (χ1v) is 8.48. The lowest BCUT2D eigenvalue weighted by Gasteiger charge is -2.45. The molecule has 1 aromatic rings. The number of nitrogens with one attached hydrogen (secondary N) is 1. The molecule has 2 saturated heterocycles. The average Bonchev–Trinajstić information content (AvgIpc) is 2.51. The lowest BCUT2D eigenvalue weighted by molar-refractivity contribution is 0.0401. The Morgan fingerprint density at radius 2 is 1.90 bits per heavy atom. The summed E-state index contributed by atoms with van der Waals surface area (Å²) in [5, 5.41) is 3.64. The Morgan fingerprint density at radius 3 is 2.57 bits per heavy atom. The third-order valence-electron chi connectivity index (χ3n) is 5.18. The van der Waals surface area contributed by atoms with Crippen LogP contribution in [0, 0.1) is 0 Å². The van der Waals surface area contributed by atoms with Gasteiger partial charge in [0.25, 0.3) is 0 Å². The zero-order chi connectivity index (χ0) is 14.7. The Morgan fingerprint density at radius 1 is 1.10 bits per heavy atom. The molecule has 1 aromatic carbocycles. The summed E-state index contributed by atoms with van der Waals surface area (Å²) in [5.41, 5.74) is 1.44. The van der Waals surface area contributed by atoms with Crippen LogP contribution < -0.4 is 5.32 Å². The summed E-state index contributed by atoms with van der Waals surface area (Å²) in [6.07, 6.45) is 2.68. The van der Waals surface area contributed by atoms with E-state index in [1.54, 1.807) is 0 Å². The van der Waals surface area contributed by atoms with Crippen molar-refractivity contribution in [3.63, 3.8) is 0 Å². The first kappa shape index (κ1) is 15.0. The van der Waals surface area contributed by atoms with Crippen molar-refractivity contribution in [3.8, 4) is 0 Å². The summed E-state index contributed by atoms with van der Waals surface area (Å²) in [6, 6.07) is 13.0. The zero-order valence-electron chi connectivity index (χ0n) is 13.5. The van der Waals surface area contributed by atoms with E-state index >= 15 is 0 Å². The number of piperazine rings is 1. The lowest BCUT2D eigenvalue weighted by atomic mass is 9.99. The molecule has 0 aromatic heterocycles. The fourth-order valence-corrected chi connectivity index (χ4v) is 3.70. The van der Waals surface area contributed by atoms with Crippen LogP contribution in [0.2, 0.25) is 0 Å². The molecule has 3 heteroatoms. The van der Waals surface area contributed by atoms with Gasteiger partial charge in [-0.05, 0) is 32.3 Å². The molecule has 2 aliphatic heterocycles. The van der Waals surface area contributed by atoms with E-state index in [4.69, 9.17) is 0 Å². The Labute approximate surface area is 129 Å².